The van der Waals surface area contributed by atoms with Gasteiger partial charge in [0, 0.05) is 11.1 Å². The van der Waals surface area contributed by atoms with E-state index in [1.165, 1.54) is 13.8 Å². The normalized spacial score (nSPS) is 8.73. The third-order valence-corrected chi connectivity index (χ3v) is 1.56. The second kappa shape index (κ2) is 19.2. The molecule has 8 heteroatoms. The molecule has 3 N–H and O–H groups in total. The lowest BCUT2D eigenvalue weighted by Crippen LogP contribution is -2.08. The van der Waals surface area contributed by atoms with Crippen LogP contribution in [-0.4, -0.2) is 67.0 Å². The fraction of sp³-hybridized carbons (Fsp3) is 0.571. The van der Waals surface area contributed by atoms with Crippen LogP contribution in [0.25, 0.3) is 0 Å². The van der Waals surface area contributed by atoms with Crippen molar-refractivity contribution in [3.63, 3.8) is 0 Å². The summed E-state index contributed by atoms with van der Waals surface area (Å²) in [4.78, 5) is 19.2. The standard InChI is InChI=1S/C6H13FO3.2C4H6O2/c7-1-3-9-5-6-10-4-2-8;2*1-3(2)4(5)6/h8H,1-6H2;2*1H2,2H3,(H,5,6). The number of aliphatic carboxylic acids is 2. The number of alkyl halides is 1. The number of aliphatic hydroxyl groups is 1. The molecule has 7 nitrogen and oxygen atoms in total. The van der Waals surface area contributed by atoms with Crippen LogP contribution in [0, 0.1) is 0 Å². The molecule has 0 aliphatic carbocycles. The fourth-order valence-corrected chi connectivity index (χ4v) is 0.441. The molecule has 0 unspecified atom stereocenters. The Morgan fingerprint density at radius 3 is 1.45 bits per heavy atom. The van der Waals surface area contributed by atoms with Gasteiger partial charge >= 0.3 is 11.9 Å². The summed E-state index contributed by atoms with van der Waals surface area (Å²) in [7, 11) is 0. The highest BCUT2D eigenvalue weighted by Crippen LogP contribution is 1.81. The number of hydrogen-bond donors (Lipinski definition) is 3. The van der Waals surface area contributed by atoms with E-state index >= 15 is 0 Å². The first-order valence-corrected chi connectivity index (χ1v) is 6.30. The van der Waals surface area contributed by atoms with Gasteiger partial charge < -0.3 is 24.8 Å². The van der Waals surface area contributed by atoms with Gasteiger partial charge in [-0.1, -0.05) is 13.2 Å². The summed E-state index contributed by atoms with van der Waals surface area (Å²) in [5.74, 6) is -1.87. The van der Waals surface area contributed by atoms with Crippen LogP contribution < -0.4 is 0 Å². The van der Waals surface area contributed by atoms with Crippen molar-refractivity contribution in [3.8, 4) is 0 Å². The molecule has 0 fully saturated rings. The molecule has 0 rings (SSSR count). The number of aliphatic hydroxyl groups excluding tert-OH is 1. The van der Waals surface area contributed by atoms with Crippen molar-refractivity contribution < 1.29 is 38.8 Å². The van der Waals surface area contributed by atoms with Crippen LogP contribution in [0.5, 0.6) is 0 Å². The van der Waals surface area contributed by atoms with Crippen molar-refractivity contribution in [1.82, 2.24) is 0 Å². The van der Waals surface area contributed by atoms with Crippen LogP contribution in [0.4, 0.5) is 4.39 Å². The molecular weight excluding hydrogens is 299 g/mol. The molecule has 0 saturated heterocycles. The topological polar surface area (TPSA) is 113 Å². The molecular formula is C14H25FO7. The van der Waals surface area contributed by atoms with Crippen molar-refractivity contribution in [3.05, 3.63) is 24.3 Å². The summed E-state index contributed by atoms with van der Waals surface area (Å²) in [5.41, 5.74) is 0.352. The average molecular weight is 324 g/mol. The predicted molar refractivity (Wildman–Crippen MR) is 79.6 cm³/mol. The molecule has 22 heavy (non-hydrogen) atoms. The molecule has 0 bridgehead atoms. The Morgan fingerprint density at radius 2 is 1.23 bits per heavy atom. The Hall–Kier alpha value is -1.77. The summed E-state index contributed by atoms with van der Waals surface area (Å²) in [6.07, 6.45) is 0. The van der Waals surface area contributed by atoms with Gasteiger partial charge in [-0.3, -0.25) is 0 Å². The zero-order chi connectivity index (χ0) is 18.0. The highest BCUT2D eigenvalue weighted by Gasteiger charge is 1.90. The van der Waals surface area contributed by atoms with Crippen molar-refractivity contribution in [2.75, 3.05) is 39.7 Å². The Balaban J connectivity index is -0.000000261. The molecule has 0 spiro atoms. The largest absolute Gasteiger partial charge is 0.478 e. The number of rotatable bonds is 9. The number of carboxylic acid groups (broad SMARTS) is 2. The Labute approximate surface area is 129 Å². The summed E-state index contributed by atoms with van der Waals surface area (Å²) in [5, 5.41) is 24.0. The fourth-order valence-electron chi connectivity index (χ4n) is 0.441. The highest BCUT2D eigenvalue weighted by atomic mass is 19.1. The van der Waals surface area contributed by atoms with Crippen LogP contribution in [0.2, 0.25) is 0 Å². The van der Waals surface area contributed by atoms with Gasteiger partial charge in [0.15, 0.2) is 0 Å². The van der Waals surface area contributed by atoms with Crippen LogP contribution >= 0.6 is 0 Å². The van der Waals surface area contributed by atoms with Gasteiger partial charge in [-0.15, -0.1) is 0 Å². The molecule has 0 aliphatic heterocycles. The van der Waals surface area contributed by atoms with Gasteiger partial charge in [-0.2, -0.15) is 0 Å². The van der Waals surface area contributed by atoms with Crippen LogP contribution in [0.3, 0.4) is 0 Å². The molecule has 0 atom stereocenters. The summed E-state index contributed by atoms with van der Waals surface area (Å²) >= 11 is 0. The summed E-state index contributed by atoms with van der Waals surface area (Å²) in [6, 6.07) is 0. The number of halogens is 1. The van der Waals surface area contributed by atoms with E-state index in [-0.39, 0.29) is 24.4 Å². The van der Waals surface area contributed by atoms with E-state index in [0.29, 0.717) is 19.8 Å². The summed E-state index contributed by atoms with van der Waals surface area (Å²) in [6.45, 7) is 10.0. The zero-order valence-corrected chi connectivity index (χ0v) is 13.0. The lowest BCUT2D eigenvalue weighted by Gasteiger charge is -2.01. The predicted octanol–water partition coefficient (Wildman–Crippen LogP) is 1.28. The van der Waals surface area contributed by atoms with Crippen LogP contribution in [0.1, 0.15) is 13.8 Å². The Morgan fingerprint density at radius 1 is 0.909 bits per heavy atom. The van der Waals surface area contributed by atoms with E-state index in [1.807, 2.05) is 0 Å². The highest BCUT2D eigenvalue weighted by molar-refractivity contribution is 5.85. The van der Waals surface area contributed by atoms with E-state index in [2.05, 4.69) is 13.2 Å². The molecule has 0 aromatic heterocycles. The van der Waals surface area contributed by atoms with Crippen molar-refractivity contribution >= 4 is 11.9 Å². The Kier molecular flexibility index (Phi) is 22.0. The van der Waals surface area contributed by atoms with Crippen molar-refractivity contribution in [2.45, 2.75) is 13.8 Å². The minimum Gasteiger partial charge on any atom is -0.478 e. The second-order valence-corrected chi connectivity index (χ2v) is 3.81. The van der Waals surface area contributed by atoms with Gasteiger partial charge in [0.25, 0.3) is 0 Å². The molecule has 0 heterocycles. The minimum atomic E-state index is -0.935. The van der Waals surface area contributed by atoms with E-state index in [9.17, 15) is 14.0 Å². The van der Waals surface area contributed by atoms with Gasteiger partial charge in [0.05, 0.1) is 33.0 Å². The molecule has 130 valence electrons. The quantitative estimate of drug-likeness (QED) is 0.432. The van der Waals surface area contributed by atoms with Crippen LogP contribution in [-0.2, 0) is 19.1 Å². The number of carboxylic acids is 2. The van der Waals surface area contributed by atoms with Crippen molar-refractivity contribution in [2.24, 2.45) is 0 Å². The third kappa shape index (κ3) is 30.9. The SMILES string of the molecule is C=C(C)C(=O)O.C=C(C)C(=O)O.OCCOCCOCCF. The number of carbonyl (C=O) groups is 2. The first kappa shape index (κ1) is 25.2. The summed E-state index contributed by atoms with van der Waals surface area (Å²) < 4.78 is 20.9. The third-order valence-electron chi connectivity index (χ3n) is 1.56. The first-order valence-electron chi connectivity index (χ1n) is 6.30. The lowest BCUT2D eigenvalue weighted by molar-refractivity contribution is -0.133. The lowest BCUT2D eigenvalue weighted by atomic mass is 10.4. The first-order chi connectivity index (χ1) is 10.2. The molecule has 0 amide bonds. The van der Waals surface area contributed by atoms with E-state index in [1.54, 1.807) is 0 Å². The van der Waals surface area contributed by atoms with Gasteiger partial charge in [-0.05, 0) is 13.8 Å². The van der Waals surface area contributed by atoms with E-state index < -0.39 is 18.6 Å². The van der Waals surface area contributed by atoms with E-state index in [4.69, 9.17) is 24.8 Å². The molecule has 0 aliphatic rings. The second-order valence-electron chi connectivity index (χ2n) is 3.81. The average Bonchev–Trinajstić information content (AvgIpc) is 2.44. The molecule has 0 aromatic rings. The number of ether oxygens (including phenoxy) is 2. The zero-order valence-electron chi connectivity index (χ0n) is 13.0. The molecule has 0 aromatic carbocycles. The van der Waals surface area contributed by atoms with Gasteiger partial charge in [-0.25, -0.2) is 14.0 Å². The smallest absolute Gasteiger partial charge is 0.330 e. The van der Waals surface area contributed by atoms with Crippen LogP contribution in [0.15, 0.2) is 24.3 Å². The maximum Gasteiger partial charge on any atom is 0.330 e. The van der Waals surface area contributed by atoms with Gasteiger partial charge in [0.1, 0.15) is 6.67 Å². The Bertz CT molecular complexity index is 273. The maximum atomic E-state index is 11.4. The van der Waals surface area contributed by atoms with E-state index in [0.717, 1.165) is 0 Å². The monoisotopic (exact) mass is 324 g/mol. The minimum absolute atomic E-state index is 0.0170. The van der Waals surface area contributed by atoms with Crippen molar-refractivity contribution in [1.29, 1.82) is 0 Å². The molecule has 0 saturated carbocycles. The maximum absolute atomic E-state index is 11.4. The number of hydrogen-bond acceptors (Lipinski definition) is 5. The van der Waals surface area contributed by atoms with Gasteiger partial charge in [0.2, 0.25) is 0 Å². The molecule has 0 radical (unpaired) electrons.